The molecule has 1 heterocycles. The Labute approximate surface area is 106 Å². The first kappa shape index (κ1) is 13.0. The molecular weight excluding hydrogens is 252 g/mol. The van der Waals surface area contributed by atoms with Crippen LogP contribution in [0, 0.1) is 5.92 Å². The predicted octanol–water partition coefficient (Wildman–Crippen LogP) is 1.90. The summed E-state index contributed by atoms with van der Waals surface area (Å²) in [5.41, 5.74) is 1.05. The summed E-state index contributed by atoms with van der Waals surface area (Å²) in [6.45, 7) is 4.33. The van der Waals surface area contributed by atoms with Gasteiger partial charge in [-0.25, -0.2) is 13.1 Å². The molecule has 2 rings (SSSR count). The van der Waals surface area contributed by atoms with Crippen molar-refractivity contribution in [1.82, 2.24) is 9.88 Å². The van der Waals surface area contributed by atoms with Gasteiger partial charge in [0.25, 0.3) is 0 Å². The van der Waals surface area contributed by atoms with E-state index in [9.17, 15) is 8.42 Å². The van der Waals surface area contributed by atoms with Crippen LogP contribution in [0.15, 0.2) is 28.8 Å². The predicted molar refractivity (Wildman–Crippen MR) is 69.5 cm³/mol. The van der Waals surface area contributed by atoms with Crippen LogP contribution in [0.2, 0.25) is 0 Å². The number of nitrogens with zero attached hydrogens (tertiary/aromatic N) is 1. The van der Waals surface area contributed by atoms with Gasteiger partial charge in [0.1, 0.15) is 11.4 Å². The average Bonchev–Trinajstić information content (AvgIpc) is 2.70. The van der Waals surface area contributed by atoms with Crippen molar-refractivity contribution in [3.8, 4) is 0 Å². The lowest BCUT2D eigenvalue weighted by molar-refractivity contribution is 0.448. The van der Waals surface area contributed by atoms with Gasteiger partial charge in [0.2, 0.25) is 10.0 Å². The Balaban J connectivity index is 2.18. The van der Waals surface area contributed by atoms with Crippen LogP contribution in [0.25, 0.3) is 11.0 Å². The van der Waals surface area contributed by atoms with E-state index in [4.69, 9.17) is 4.52 Å². The molecule has 5 nitrogen and oxygen atoms in total. The maximum Gasteiger partial charge on any atom is 0.217 e. The third kappa shape index (κ3) is 3.08. The Hall–Kier alpha value is -1.40. The van der Waals surface area contributed by atoms with Crippen molar-refractivity contribution in [1.29, 1.82) is 0 Å². The summed E-state index contributed by atoms with van der Waals surface area (Å²) in [4.78, 5) is 0. The van der Waals surface area contributed by atoms with Gasteiger partial charge in [-0.15, -0.1) is 0 Å². The molecule has 0 aliphatic heterocycles. The number of benzene rings is 1. The average molecular weight is 268 g/mol. The largest absolute Gasteiger partial charge is 0.356 e. The normalized spacial score (nSPS) is 12.4. The number of nitrogens with one attached hydrogen (secondary N) is 1. The van der Waals surface area contributed by atoms with E-state index < -0.39 is 10.0 Å². The van der Waals surface area contributed by atoms with Crippen molar-refractivity contribution in [3.05, 3.63) is 30.0 Å². The molecule has 98 valence electrons. The molecule has 0 saturated carbocycles. The third-order valence-corrected chi connectivity index (χ3v) is 3.75. The molecule has 1 aromatic heterocycles. The molecule has 0 atom stereocenters. The van der Waals surface area contributed by atoms with Gasteiger partial charge in [0.15, 0.2) is 5.58 Å². The number of aromatic nitrogens is 1. The Morgan fingerprint density at radius 2 is 2.06 bits per heavy atom. The van der Waals surface area contributed by atoms with Crippen molar-refractivity contribution < 1.29 is 12.9 Å². The molecule has 1 aromatic carbocycles. The van der Waals surface area contributed by atoms with Crippen LogP contribution < -0.4 is 4.72 Å². The van der Waals surface area contributed by atoms with Crippen LogP contribution in [0.1, 0.15) is 19.5 Å². The first-order valence-corrected chi connectivity index (χ1v) is 7.44. The standard InChI is InChI=1S/C12H16N2O3S/c1-9(2)7-13-18(15,16)8-11-10-5-3-4-6-12(10)17-14-11/h3-6,9,13H,7-8H2,1-2H3. The molecular formula is C12H16N2O3S. The summed E-state index contributed by atoms with van der Waals surface area (Å²) in [5.74, 6) is 0.116. The Kier molecular flexibility index (Phi) is 3.68. The molecule has 0 spiro atoms. The molecule has 0 fully saturated rings. The number of sulfonamides is 1. The van der Waals surface area contributed by atoms with Crippen LogP contribution in [0.4, 0.5) is 0 Å². The molecule has 18 heavy (non-hydrogen) atoms. The summed E-state index contributed by atoms with van der Waals surface area (Å²) in [5, 5.41) is 4.56. The second-order valence-corrected chi connectivity index (χ2v) is 6.43. The zero-order chi connectivity index (χ0) is 13.2. The highest BCUT2D eigenvalue weighted by molar-refractivity contribution is 7.88. The van der Waals surface area contributed by atoms with Gasteiger partial charge in [0, 0.05) is 11.9 Å². The minimum absolute atomic E-state index is 0.156. The van der Waals surface area contributed by atoms with Crippen molar-refractivity contribution in [2.45, 2.75) is 19.6 Å². The van der Waals surface area contributed by atoms with E-state index in [1.54, 1.807) is 12.1 Å². The van der Waals surface area contributed by atoms with Gasteiger partial charge in [-0.2, -0.15) is 0 Å². The van der Waals surface area contributed by atoms with Crippen LogP contribution in [0.5, 0.6) is 0 Å². The van der Waals surface area contributed by atoms with E-state index in [2.05, 4.69) is 9.88 Å². The van der Waals surface area contributed by atoms with Gasteiger partial charge in [-0.05, 0) is 18.1 Å². The van der Waals surface area contributed by atoms with Crippen LogP contribution >= 0.6 is 0 Å². The van der Waals surface area contributed by atoms with Crippen molar-refractivity contribution in [3.63, 3.8) is 0 Å². The summed E-state index contributed by atoms with van der Waals surface area (Å²) in [6, 6.07) is 7.22. The van der Waals surface area contributed by atoms with E-state index in [-0.39, 0.29) is 11.7 Å². The fraction of sp³-hybridized carbons (Fsp3) is 0.417. The second-order valence-electron chi connectivity index (χ2n) is 4.63. The number of para-hydroxylation sites is 1. The summed E-state index contributed by atoms with van der Waals surface area (Å²) in [6.07, 6.45) is 0. The number of hydrogen-bond acceptors (Lipinski definition) is 4. The van der Waals surface area contributed by atoms with Crippen LogP contribution in [-0.2, 0) is 15.8 Å². The fourth-order valence-electron chi connectivity index (χ4n) is 1.57. The minimum Gasteiger partial charge on any atom is -0.356 e. The van der Waals surface area contributed by atoms with Crippen molar-refractivity contribution >= 4 is 21.0 Å². The zero-order valence-electron chi connectivity index (χ0n) is 10.4. The number of fused-ring (bicyclic) bond motifs is 1. The molecule has 0 unspecified atom stereocenters. The second kappa shape index (κ2) is 5.07. The molecule has 0 amide bonds. The van der Waals surface area contributed by atoms with E-state index in [0.29, 0.717) is 17.8 Å². The van der Waals surface area contributed by atoms with Gasteiger partial charge >= 0.3 is 0 Å². The van der Waals surface area contributed by atoms with Crippen LogP contribution in [0.3, 0.4) is 0 Å². The van der Waals surface area contributed by atoms with Gasteiger partial charge < -0.3 is 4.52 Å². The van der Waals surface area contributed by atoms with E-state index in [0.717, 1.165) is 5.39 Å². The van der Waals surface area contributed by atoms with Crippen molar-refractivity contribution in [2.75, 3.05) is 6.54 Å². The molecule has 2 aromatic rings. The molecule has 0 saturated heterocycles. The highest BCUT2D eigenvalue weighted by Gasteiger charge is 2.17. The summed E-state index contributed by atoms with van der Waals surface area (Å²) < 4.78 is 31.3. The number of hydrogen-bond donors (Lipinski definition) is 1. The molecule has 0 aliphatic carbocycles. The first-order chi connectivity index (χ1) is 8.48. The SMILES string of the molecule is CC(C)CNS(=O)(=O)Cc1noc2ccccc12. The lowest BCUT2D eigenvalue weighted by atomic mass is 10.2. The Bertz CT molecular complexity index is 632. The Morgan fingerprint density at radius 3 is 2.78 bits per heavy atom. The lowest BCUT2D eigenvalue weighted by Crippen LogP contribution is -2.28. The summed E-state index contributed by atoms with van der Waals surface area (Å²) in [7, 11) is -3.36. The maximum absolute atomic E-state index is 11.9. The first-order valence-electron chi connectivity index (χ1n) is 5.78. The highest BCUT2D eigenvalue weighted by Crippen LogP contribution is 2.19. The van der Waals surface area contributed by atoms with Gasteiger partial charge in [-0.3, -0.25) is 0 Å². The minimum atomic E-state index is -3.36. The molecule has 1 N–H and O–H groups in total. The fourth-order valence-corrected chi connectivity index (χ4v) is 2.82. The maximum atomic E-state index is 11.9. The monoisotopic (exact) mass is 268 g/mol. The van der Waals surface area contributed by atoms with E-state index in [1.165, 1.54) is 0 Å². The van der Waals surface area contributed by atoms with Gasteiger partial charge in [-0.1, -0.05) is 31.1 Å². The van der Waals surface area contributed by atoms with E-state index in [1.807, 2.05) is 26.0 Å². The molecule has 0 bridgehead atoms. The van der Waals surface area contributed by atoms with E-state index >= 15 is 0 Å². The smallest absolute Gasteiger partial charge is 0.217 e. The summed E-state index contributed by atoms with van der Waals surface area (Å²) >= 11 is 0. The van der Waals surface area contributed by atoms with Crippen molar-refractivity contribution in [2.24, 2.45) is 5.92 Å². The third-order valence-electron chi connectivity index (χ3n) is 2.49. The highest BCUT2D eigenvalue weighted by atomic mass is 32.2. The number of rotatable bonds is 5. The molecule has 0 radical (unpaired) electrons. The lowest BCUT2D eigenvalue weighted by Gasteiger charge is -2.07. The Morgan fingerprint density at radius 1 is 1.33 bits per heavy atom. The van der Waals surface area contributed by atoms with Crippen LogP contribution in [-0.4, -0.2) is 20.1 Å². The zero-order valence-corrected chi connectivity index (χ0v) is 11.2. The molecule has 6 heteroatoms. The van der Waals surface area contributed by atoms with Gasteiger partial charge in [0.05, 0.1) is 0 Å². The molecule has 0 aliphatic rings. The topological polar surface area (TPSA) is 72.2 Å². The quantitative estimate of drug-likeness (QED) is 0.899.